The zero-order chi connectivity index (χ0) is 14.0. The Balaban J connectivity index is 2.04. The molecule has 1 fully saturated rings. The third-order valence-electron chi connectivity index (χ3n) is 4.29. The lowest BCUT2D eigenvalue weighted by atomic mass is 9.74. The van der Waals surface area contributed by atoms with Gasteiger partial charge in [0.2, 0.25) is 0 Å². The standard InChI is InChI=1S/C18H26O/c1-12-5-13(2)8-16(7-12)11-18(19)17-9-14(3)6-15(4)10-17/h5,7-8,14-15,17H,6,9-11H2,1-4H3. The summed E-state index contributed by atoms with van der Waals surface area (Å²) in [7, 11) is 0. The second-order valence-corrected chi connectivity index (χ2v) is 6.75. The molecule has 1 aromatic carbocycles. The van der Waals surface area contributed by atoms with E-state index in [1.165, 1.54) is 23.1 Å². The van der Waals surface area contributed by atoms with Crippen molar-refractivity contribution in [2.75, 3.05) is 0 Å². The van der Waals surface area contributed by atoms with Gasteiger partial charge in [-0.2, -0.15) is 0 Å². The highest BCUT2D eigenvalue weighted by Gasteiger charge is 2.28. The monoisotopic (exact) mass is 258 g/mol. The van der Waals surface area contributed by atoms with Gasteiger partial charge in [0, 0.05) is 12.3 Å². The molecule has 0 bridgehead atoms. The molecule has 0 radical (unpaired) electrons. The molecule has 19 heavy (non-hydrogen) atoms. The third-order valence-corrected chi connectivity index (χ3v) is 4.29. The van der Waals surface area contributed by atoms with Crippen LogP contribution in [0.3, 0.4) is 0 Å². The number of carbonyl (C=O) groups is 1. The summed E-state index contributed by atoms with van der Waals surface area (Å²) in [4.78, 5) is 12.5. The fraction of sp³-hybridized carbons (Fsp3) is 0.611. The summed E-state index contributed by atoms with van der Waals surface area (Å²) in [6.07, 6.45) is 4.09. The molecular formula is C18H26O. The first-order chi connectivity index (χ1) is 8.94. The Morgan fingerprint density at radius 1 is 1.00 bits per heavy atom. The summed E-state index contributed by atoms with van der Waals surface area (Å²) < 4.78 is 0. The van der Waals surface area contributed by atoms with Gasteiger partial charge in [-0.25, -0.2) is 0 Å². The third kappa shape index (κ3) is 3.92. The van der Waals surface area contributed by atoms with Crippen LogP contribution in [0.4, 0.5) is 0 Å². The van der Waals surface area contributed by atoms with Gasteiger partial charge < -0.3 is 0 Å². The number of carbonyl (C=O) groups excluding carboxylic acids is 1. The van der Waals surface area contributed by atoms with Crippen molar-refractivity contribution in [3.8, 4) is 0 Å². The molecule has 0 aliphatic heterocycles. The molecule has 2 unspecified atom stereocenters. The van der Waals surface area contributed by atoms with Gasteiger partial charge in [0.15, 0.2) is 0 Å². The Bertz CT molecular complexity index is 431. The van der Waals surface area contributed by atoms with Gasteiger partial charge in [0.1, 0.15) is 5.78 Å². The van der Waals surface area contributed by atoms with E-state index in [2.05, 4.69) is 45.9 Å². The number of ketones is 1. The zero-order valence-corrected chi connectivity index (χ0v) is 12.7. The van der Waals surface area contributed by atoms with Crippen molar-refractivity contribution in [1.29, 1.82) is 0 Å². The van der Waals surface area contributed by atoms with E-state index in [-0.39, 0.29) is 0 Å². The predicted octanol–water partition coefficient (Wildman–Crippen LogP) is 4.49. The average Bonchev–Trinajstić information content (AvgIpc) is 2.25. The van der Waals surface area contributed by atoms with Gasteiger partial charge >= 0.3 is 0 Å². The molecule has 1 nitrogen and oxygen atoms in total. The molecule has 2 atom stereocenters. The second-order valence-electron chi connectivity index (χ2n) is 6.75. The highest BCUT2D eigenvalue weighted by molar-refractivity contribution is 5.83. The smallest absolute Gasteiger partial charge is 0.140 e. The van der Waals surface area contributed by atoms with Crippen LogP contribution in [0.15, 0.2) is 18.2 Å². The van der Waals surface area contributed by atoms with Gasteiger partial charge in [-0.15, -0.1) is 0 Å². The second kappa shape index (κ2) is 5.90. The van der Waals surface area contributed by atoms with Crippen LogP contribution in [-0.4, -0.2) is 5.78 Å². The van der Waals surface area contributed by atoms with Gasteiger partial charge in [-0.1, -0.05) is 43.2 Å². The lowest BCUT2D eigenvalue weighted by Gasteiger charge is -2.30. The Morgan fingerprint density at radius 3 is 2.05 bits per heavy atom. The summed E-state index contributed by atoms with van der Waals surface area (Å²) in [6.45, 7) is 8.77. The molecule has 0 N–H and O–H groups in total. The average molecular weight is 258 g/mol. The van der Waals surface area contributed by atoms with Crippen LogP contribution >= 0.6 is 0 Å². The maximum atomic E-state index is 12.5. The number of hydrogen-bond acceptors (Lipinski definition) is 1. The van der Waals surface area contributed by atoms with Crippen LogP contribution in [-0.2, 0) is 11.2 Å². The molecule has 0 spiro atoms. The zero-order valence-electron chi connectivity index (χ0n) is 12.7. The van der Waals surface area contributed by atoms with Crippen LogP contribution < -0.4 is 0 Å². The van der Waals surface area contributed by atoms with E-state index in [4.69, 9.17) is 0 Å². The van der Waals surface area contributed by atoms with E-state index in [0.717, 1.165) is 12.8 Å². The fourth-order valence-electron chi connectivity index (χ4n) is 3.73. The number of hydrogen-bond donors (Lipinski definition) is 0. The quantitative estimate of drug-likeness (QED) is 0.781. The summed E-state index contributed by atoms with van der Waals surface area (Å²) in [5.74, 6) is 2.15. The van der Waals surface area contributed by atoms with Crippen molar-refractivity contribution >= 4 is 5.78 Å². The molecule has 1 heteroatoms. The summed E-state index contributed by atoms with van der Waals surface area (Å²) >= 11 is 0. The summed E-state index contributed by atoms with van der Waals surface area (Å²) in [5.41, 5.74) is 3.70. The SMILES string of the molecule is Cc1cc(C)cc(CC(=O)C2CC(C)CC(C)C2)c1. The molecule has 0 amide bonds. The first-order valence-electron chi connectivity index (χ1n) is 7.54. The normalized spacial score (nSPS) is 27.3. The maximum absolute atomic E-state index is 12.5. The van der Waals surface area contributed by atoms with Crippen molar-refractivity contribution in [1.82, 2.24) is 0 Å². The Hall–Kier alpha value is -1.11. The first kappa shape index (κ1) is 14.3. The lowest BCUT2D eigenvalue weighted by molar-refractivity contribution is -0.124. The van der Waals surface area contributed by atoms with Gasteiger partial charge in [0.05, 0.1) is 0 Å². The highest BCUT2D eigenvalue weighted by atomic mass is 16.1. The van der Waals surface area contributed by atoms with Crippen molar-refractivity contribution in [3.63, 3.8) is 0 Å². The minimum Gasteiger partial charge on any atom is -0.299 e. The number of aryl methyl sites for hydroxylation is 2. The van der Waals surface area contributed by atoms with Gasteiger partial charge in [0.25, 0.3) is 0 Å². The van der Waals surface area contributed by atoms with E-state index < -0.39 is 0 Å². The van der Waals surface area contributed by atoms with Crippen molar-refractivity contribution < 1.29 is 4.79 Å². The van der Waals surface area contributed by atoms with Crippen LogP contribution in [0.2, 0.25) is 0 Å². The molecule has 0 saturated heterocycles. The molecule has 104 valence electrons. The van der Waals surface area contributed by atoms with Crippen LogP contribution in [0.5, 0.6) is 0 Å². The summed E-state index contributed by atoms with van der Waals surface area (Å²) in [6, 6.07) is 6.47. The largest absolute Gasteiger partial charge is 0.299 e. The van der Waals surface area contributed by atoms with Crippen molar-refractivity contribution in [3.05, 3.63) is 34.9 Å². The fourth-order valence-corrected chi connectivity index (χ4v) is 3.73. The van der Waals surface area contributed by atoms with Crippen molar-refractivity contribution in [2.24, 2.45) is 17.8 Å². The van der Waals surface area contributed by atoms with Crippen LogP contribution in [0.25, 0.3) is 0 Å². The minimum absolute atomic E-state index is 0.291. The van der Waals surface area contributed by atoms with E-state index in [9.17, 15) is 4.79 Å². The maximum Gasteiger partial charge on any atom is 0.140 e. The lowest BCUT2D eigenvalue weighted by Crippen LogP contribution is -2.27. The van der Waals surface area contributed by atoms with E-state index in [1.54, 1.807) is 0 Å². The Labute approximate surface area is 117 Å². The summed E-state index contributed by atoms with van der Waals surface area (Å²) in [5, 5.41) is 0. The molecule has 1 aliphatic rings. The number of benzene rings is 1. The topological polar surface area (TPSA) is 17.1 Å². The van der Waals surface area contributed by atoms with E-state index in [0.29, 0.717) is 30.0 Å². The highest BCUT2D eigenvalue weighted by Crippen LogP contribution is 2.33. The Morgan fingerprint density at radius 2 is 1.53 bits per heavy atom. The molecule has 2 rings (SSSR count). The number of rotatable bonds is 3. The van der Waals surface area contributed by atoms with E-state index >= 15 is 0 Å². The Kier molecular flexibility index (Phi) is 4.44. The predicted molar refractivity (Wildman–Crippen MR) is 80.3 cm³/mol. The van der Waals surface area contributed by atoms with Gasteiger partial charge in [-0.05, 0) is 50.5 Å². The minimum atomic E-state index is 0.291. The van der Waals surface area contributed by atoms with Crippen molar-refractivity contribution in [2.45, 2.75) is 53.4 Å². The molecule has 0 heterocycles. The van der Waals surface area contributed by atoms with Crippen LogP contribution in [0, 0.1) is 31.6 Å². The molecular weight excluding hydrogens is 232 g/mol. The first-order valence-corrected chi connectivity index (χ1v) is 7.54. The van der Waals surface area contributed by atoms with Crippen LogP contribution in [0.1, 0.15) is 49.8 Å². The molecule has 1 saturated carbocycles. The molecule has 0 aromatic heterocycles. The van der Waals surface area contributed by atoms with E-state index in [1.807, 2.05) is 0 Å². The molecule has 1 aliphatic carbocycles. The van der Waals surface area contributed by atoms with Gasteiger partial charge in [-0.3, -0.25) is 4.79 Å². The number of Topliss-reactive ketones (excluding diaryl/α,β-unsaturated/α-hetero) is 1. The molecule has 1 aromatic rings.